The molecule has 3 nitrogen and oxygen atoms in total. The Bertz CT molecular complexity index is 633. The second kappa shape index (κ2) is 10.4. The van der Waals surface area contributed by atoms with E-state index < -0.39 is 0 Å². The number of methoxy groups -OCH3 is 1. The molecule has 0 atom stereocenters. The zero-order valence-corrected chi connectivity index (χ0v) is 15.9. The number of hydrogen-bond donors (Lipinski definition) is 1. The maximum atomic E-state index is 6.20. The van der Waals surface area contributed by atoms with E-state index in [9.17, 15) is 0 Å². The Balaban J connectivity index is 0.00000288. The summed E-state index contributed by atoms with van der Waals surface area (Å²) in [4.78, 5) is 0. The summed E-state index contributed by atoms with van der Waals surface area (Å²) in [5, 5.41) is 4.15. The minimum atomic E-state index is 0. The molecule has 0 aliphatic carbocycles. The van der Waals surface area contributed by atoms with E-state index in [1.165, 1.54) is 0 Å². The maximum absolute atomic E-state index is 6.20. The molecular weight excluding hydrogens is 345 g/mol. The lowest BCUT2D eigenvalue weighted by molar-refractivity contribution is 0.280. The summed E-state index contributed by atoms with van der Waals surface area (Å²) in [5.74, 6) is 2.11. The van der Waals surface area contributed by atoms with Crippen LogP contribution in [0.3, 0.4) is 0 Å². The van der Waals surface area contributed by atoms with Crippen molar-refractivity contribution in [1.82, 2.24) is 5.32 Å². The molecule has 0 unspecified atom stereocenters. The Morgan fingerprint density at radius 3 is 2.42 bits per heavy atom. The van der Waals surface area contributed by atoms with Crippen LogP contribution in [0.1, 0.15) is 25.0 Å². The summed E-state index contributed by atoms with van der Waals surface area (Å²) in [6.07, 6.45) is 0. The van der Waals surface area contributed by atoms with E-state index >= 15 is 0 Å². The van der Waals surface area contributed by atoms with Crippen LogP contribution in [-0.2, 0) is 13.2 Å². The van der Waals surface area contributed by atoms with E-state index in [0.29, 0.717) is 17.5 Å². The molecule has 0 heterocycles. The summed E-state index contributed by atoms with van der Waals surface area (Å²) >= 11 is 6.20. The zero-order chi connectivity index (χ0) is 16.7. The van der Waals surface area contributed by atoms with Crippen LogP contribution >= 0.6 is 24.0 Å². The van der Waals surface area contributed by atoms with Crippen LogP contribution in [0, 0.1) is 5.92 Å². The molecule has 0 radical (unpaired) electrons. The lowest BCUT2D eigenvalue weighted by Crippen LogP contribution is -2.19. The van der Waals surface area contributed by atoms with E-state index in [-0.39, 0.29) is 12.4 Å². The molecule has 132 valence electrons. The Hall–Kier alpha value is -1.42. The predicted octanol–water partition coefficient (Wildman–Crippen LogP) is 5.10. The second-order valence-corrected chi connectivity index (χ2v) is 6.26. The van der Waals surface area contributed by atoms with Crippen molar-refractivity contribution in [1.29, 1.82) is 0 Å². The highest BCUT2D eigenvalue weighted by Crippen LogP contribution is 2.32. The molecule has 0 amide bonds. The Morgan fingerprint density at radius 1 is 1.04 bits per heavy atom. The van der Waals surface area contributed by atoms with Crippen molar-refractivity contribution in [3.05, 3.63) is 58.6 Å². The van der Waals surface area contributed by atoms with Crippen molar-refractivity contribution >= 4 is 24.0 Å². The maximum Gasteiger partial charge on any atom is 0.166 e. The molecule has 0 bridgehead atoms. The normalized spacial score (nSPS) is 10.4. The van der Waals surface area contributed by atoms with E-state index in [4.69, 9.17) is 21.1 Å². The van der Waals surface area contributed by atoms with E-state index in [1.54, 1.807) is 7.11 Å². The van der Waals surface area contributed by atoms with E-state index in [2.05, 4.69) is 25.2 Å². The summed E-state index contributed by atoms with van der Waals surface area (Å²) in [6, 6.07) is 13.6. The first-order valence-electron chi connectivity index (χ1n) is 7.84. The highest BCUT2D eigenvalue weighted by molar-refractivity contribution is 6.31. The first-order chi connectivity index (χ1) is 11.1. The molecule has 0 aliphatic rings. The van der Waals surface area contributed by atoms with Crippen LogP contribution in [-0.4, -0.2) is 13.7 Å². The first kappa shape index (κ1) is 20.6. The highest BCUT2D eigenvalue weighted by Gasteiger charge is 2.11. The van der Waals surface area contributed by atoms with Gasteiger partial charge >= 0.3 is 0 Å². The van der Waals surface area contributed by atoms with Crippen molar-refractivity contribution in [3.8, 4) is 11.5 Å². The molecule has 0 saturated carbocycles. The van der Waals surface area contributed by atoms with Crippen molar-refractivity contribution < 1.29 is 9.47 Å². The molecule has 0 aliphatic heterocycles. The summed E-state index contributed by atoms with van der Waals surface area (Å²) in [7, 11) is 1.66. The Labute approximate surface area is 155 Å². The SMILES string of the molecule is COc1cccc(CNCC(C)C)c1OCc1ccccc1Cl.Cl. The van der Waals surface area contributed by atoms with E-state index in [1.807, 2.05) is 36.4 Å². The van der Waals surface area contributed by atoms with Gasteiger partial charge in [0, 0.05) is 22.7 Å². The van der Waals surface area contributed by atoms with Crippen LogP contribution in [0.25, 0.3) is 0 Å². The second-order valence-electron chi connectivity index (χ2n) is 5.85. The van der Waals surface area contributed by atoms with Crippen molar-refractivity contribution in [2.75, 3.05) is 13.7 Å². The van der Waals surface area contributed by atoms with Gasteiger partial charge in [-0.2, -0.15) is 0 Å². The predicted molar refractivity (Wildman–Crippen MR) is 103 cm³/mol. The third-order valence-corrected chi connectivity index (χ3v) is 3.85. The molecule has 0 saturated heterocycles. The molecule has 0 fully saturated rings. The lowest BCUT2D eigenvalue weighted by atomic mass is 10.1. The first-order valence-corrected chi connectivity index (χ1v) is 8.22. The average Bonchev–Trinajstić information content (AvgIpc) is 2.54. The summed E-state index contributed by atoms with van der Waals surface area (Å²) in [5.41, 5.74) is 2.04. The molecule has 0 aromatic heterocycles. The van der Waals surface area contributed by atoms with Gasteiger partial charge in [-0.15, -0.1) is 12.4 Å². The highest BCUT2D eigenvalue weighted by atomic mass is 35.5. The third-order valence-electron chi connectivity index (χ3n) is 3.48. The minimum absolute atomic E-state index is 0. The summed E-state index contributed by atoms with van der Waals surface area (Å²) < 4.78 is 11.5. The molecule has 0 spiro atoms. The van der Waals surface area contributed by atoms with Crippen LogP contribution < -0.4 is 14.8 Å². The van der Waals surface area contributed by atoms with Crippen LogP contribution in [0.4, 0.5) is 0 Å². The van der Waals surface area contributed by atoms with Gasteiger partial charge in [0.25, 0.3) is 0 Å². The molecular formula is C19H25Cl2NO2. The molecule has 2 aromatic carbocycles. The van der Waals surface area contributed by atoms with Crippen LogP contribution in [0.15, 0.2) is 42.5 Å². The fourth-order valence-electron chi connectivity index (χ4n) is 2.29. The average molecular weight is 370 g/mol. The number of rotatable bonds is 8. The molecule has 2 rings (SSSR count). The quantitative estimate of drug-likeness (QED) is 0.702. The Kier molecular flexibility index (Phi) is 8.98. The number of halogens is 2. The monoisotopic (exact) mass is 369 g/mol. The van der Waals surface area contributed by atoms with Gasteiger partial charge in [0.1, 0.15) is 6.61 Å². The molecule has 2 aromatic rings. The van der Waals surface area contributed by atoms with E-state index in [0.717, 1.165) is 35.7 Å². The number of nitrogens with one attached hydrogen (secondary N) is 1. The van der Waals surface area contributed by atoms with Crippen molar-refractivity contribution in [3.63, 3.8) is 0 Å². The number of ether oxygens (including phenoxy) is 2. The fourth-order valence-corrected chi connectivity index (χ4v) is 2.48. The number of hydrogen-bond acceptors (Lipinski definition) is 3. The molecule has 24 heavy (non-hydrogen) atoms. The fraction of sp³-hybridized carbons (Fsp3) is 0.368. The van der Waals surface area contributed by atoms with Crippen molar-refractivity contribution in [2.45, 2.75) is 27.0 Å². The topological polar surface area (TPSA) is 30.5 Å². The molecule has 5 heteroatoms. The standard InChI is InChI=1S/C19H24ClNO2.ClH/c1-14(2)11-21-12-15-8-6-10-18(22-3)19(15)23-13-16-7-4-5-9-17(16)20;/h4-10,14,21H,11-13H2,1-3H3;1H. The van der Waals surface area contributed by atoms with Gasteiger partial charge in [-0.1, -0.05) is 55.8 Å². The van der Waals surface area contributed by atoms with Gasteiger partial charge in [-0.25, -0.2) is 0 Å². The third kappa shape index (κ3) is 5.90. The van der Waals surface area contributed by atoms with Gasteiger partial charge in [-0.3, -0.25) is 0 Å². The minimum Gasteiger partial charge on any atom is -0.493 e. The largest absolute Gasteiger partial charge is 0.493 e. The van der Waals surface area contributed by atoms with Gasteiger partial charge in [-0.05, 0) is 24.6 Å². The van der Waals surface area contributed by atoms with Gasteiger partial charge in [0.2, 0.25) is 0 Å². The molecule has 1 N–H and O–H groups in total. The van der Waals surface area contributed by atoms with Gasteiger partial charge in [0.05, 0.1) is 7.11 Å². The van der Waals surface area contributed by atoms with Crippen LogP contribution in [0.2, 0.25) is 5.02 Å². The number of para-hydroxylation sites is 1. The Morgan fingerprint density at radius 2 is 1.75 bits per heavy atom. The van der Waals surface area contributed by atoms with Gasteiger partial charge < -0.3 is 14.8 Å². The number of benzene rings is 2. The van der Waals surface area contributed by atoms with Crippen LogP contribution in [0.5, 0.6) is 11.5 Å². The van der Waals surface area contributed by atoms with Gasteiger partial charge in [0.15, 0.2) is 11.5 Å². The zero-order valence-electron chi connectivity index (χ0n) is 14.3. The smallest absolute Gasteiger partial charge is 0.166 e. The summed E-state index contributed by atoms with van der Waals surface area (Å²) in [6.45, 7) is 6.49. The lowest BCUT2D eigenvalue weighted by Gasteiger charge is -2.16. The van der Waals surface area contributed by atoms with Crippen molar-refractivity contribution in [2.24, 2.45) is 5.92 Å².